The molecule has 0 aliphatic heterocycles. The Morgan fingerprint density at radius 3 is 2.67 bits per heavy atom. The van der Waals surface area contributed by atoms with E-state index in [0.29, 0.717) is 6.54 Å². The maximum atomic E-state index is 12.3. The molecule has 1 aliphatic rings. The average Bonchev–Trinajstić information content (AvgIpc) is 2.54. The van der Waals surface area contributed by atoms with Gasteiger partial charge >= 0.3 is 0 Å². The van der Waals surface area contributed by atoms with Gasteiger partial charge in [-0.3, -0.25) is 4.79 Å². The molecule has 0 saturated heterocycles. The first-order valence-corrected chi connectivity index (χ1v) is 4.21. The molecule has 1 atom stereocenters. The molecule has 12 heavy (non-hydrogen) atoms. The molecule has 0 aromatic rings. The maximum Gasteiger partial charge on any atom is 0.252 e. The lowest BCUT2D eigenvalue weighted by Crippen LogP contribution is -2.24. The SMILES string of the molecule is CCCNC(=O)CC1CC1(F)F. The Morgan fingerprint density at radius 2 is 2.25 bits per heavy atom. The first-order valence-electron chi connectivity index (χ1n) is 4.21. The number of halogens is 2. The highest BCUT2D eigenvalue weighted by atomic mass is 19.3. The van der Waals surface area contributed by atoms with Crippen molar-refractivity contribution in [1.82, 2.24) is 5.32 Å². The summed E-state index contributed by atoms with van der Waals surface area (Å²) in [5.41, 5.74) is 0. The third-order valence-corrected chi connectivity index (χ3v) is 1.96. The first kappa shape index (κ1) is 9.42. The van der Waals surface area contributed by atoms with Gasteiger partial charge in [0.1, 0.15) is 0 Å². The molecule has 1 amide bonds. The van der Waals surface area contributed by atoms with Gasteiger partial charge in [0.25, 0.3) is 5.92 Å². The fraction of sp³-hybridized carbons (Fsp3) is 0.875. The normalized spacial score (nSPS) is 25.1. The van der Waals surface area contributed by atoms with E-state index in [1.165, 1.54) is 0 Å². The first-order chi connectivity index (χ1) is 5.56. The van der Waals surface area contributed by atoms with Gasteiger partial charge in [-0.25, -0.2) is 8.78 Å². The molecule has 0 spiro atoms. The van der Waals surface area contributed by atoms with Gasteiger partial charge in [-0.05, 0) is 6.42 Å². The minimum atomic E-state index is -2.57. The molecule has 1 fully saturated rings. The van der Waals surface area contributed by atoms with Crippen LogP contribution in [-0.2, 0) is 4.79 Å². The van der Waals surface area contributed by atoms with Gasteiger partial charge in [-0.15, -0.1) is 0 Å². The van der Waals surface area contributed by atoms with E-state index in [2.05, 4.69) is 5.32 Å². The Bertz CT molecular complexity index is 182. The van der Waals surface area contributed by atoms with E-state index in [-0.39, 0.29) is 18.7 Å². The number of rotatable bonds is 4. The standard InChI is InChI=1S/C8H13F2NO/c1-2-3-11-7(12)4-6-5-8(6,9)10/h6H,2-5H2,1H3,(H,11,12). The van der Waals surface area contributed by atoms with E-state index < -0.39 is 11.8 Å². The van der Waals surface area contributed by atoms with Crippen LogP contribution in [0, 0.1) is 5.92 Å². The van der Waals surface area contributed by atoms with Gasteiger partial charge in [0, 0.05) is 25.3 Å². The van der Waals surface area contributed by atoms with E-state index in [1.54, 1.807) is 0 Å². The minimum Gasteiger partial charge on any atom is -0.356 e. The summed E-state index contributed by atoms with van der Waals surface area (Å²) in [5.74, 6) is -3.52. The summed E-state index contributed by atoms with van der Waals surface area (Å²) in [5, 5.41) is 2.57. The average molecular weight is 177 g/mol. The fourth-order valence-corrected chi connectivity index (χ4v) is 1.05. The summed E-state index contributed by atoms with van der Waals surface area (Å²) in [6.07, 6.45) is 0.701. The van der Waals surface area contributed by atoms with Crippen LogP contribution in [0.4, 0.5) is 8.78 Å². The lowest BCUT2D eigenvalue weighted by atomic mass is 10.2. The van der Waals surface area contributed by atoms with Crippen LogP contribution in [0.15, 0.2) is 0 Å². The van der Waals surface area contributed by atoms with Crippen LogP contribution in [0.3, 0.4) is 0 Å². The predicted octanol–water partition coefficient (Wildman–Crippen LogP) is 1.56. The minimum absolute atomic E-state index is 0.0208. The smallest absolute Gasteiger partial charge is 0.252 e. The predicted molar refractivity (Wildman–Crippen MR) is 41.0 cm³/mol. The van der Waals surface area contributed by atoms with E-state index >= 15 is 0 Å². The third kappa shape index (κ3) is 2.43. The van der Waals surface area contributed by atoms with Crippen molar-refractivity contribution in [3.05, 3.63) is 0 Å². The molecule has 4 heteroatoms. The number of hydrogen-bond donors (Lipinski definition) is 1. The third-order valence-electron chi connectivity index (χ3n) is 1.96. The molecular formula is C8H13F2NO. The maximum absolute atomic E-state index is 12.3. The van der Waals surface area contributed by atoms with Crippen molar-refractivity contribution in [3.63, 3.8) is 0 Å². The van der Waals surface area contributed by atoms with Crippen molar-refractivity contribution < 1.29 is 13.6 Å². The quantitative estimate of drug-likeness (QED) is 0.693. The molecule has 1 N–H and O–H groups in total. The monoisotopic (exact) mass is 177 g/mol. The molecule has 0 bridgehead atoms. The van der Waals surface area contributed by atoms with Crippen molar-refractivity contribution in [2.75, 3.05) is 6.54 Å². The second kappa shape index (κ2) is 3.37. The molecule has 0 aromatic heterocycles. The Labute approximate surface area is 70.3 Å². The Kier molecular flexibility index (Phi) is 2.65. The molecule has 0 radical (unpaired) electrons. The molecule has 0 aromatic carbocycles. The zero-order chi connectivity index (χ0) is 9.19. The topological polar surface area (TPSA) is 29.1 Å². The second-order valence-corrected chi connectivity index (χ2v) is 3.22. The molecule has 2 nitrogen and oxygen atoms in total. The zero-order valence-corrected chi connectivity index (χ0v) is 7.07. The highest BCUT2D eigenvalue weighted by molar-refractivity contribution is 5.76. The van der Waals surface area contributed by atoms with E-state index in [9.17, 15) is 13.6 Å². The van der Waals surface area contributed by atoms with E-state index in [0.717, 1.165) is 6.42 Å². The highest BCUT2D eigenvalue weighted by Gasteiger charge is 2.57. The Balaban J connectivity index is 2.12. The van der Waals surface area contributed by atoms with Gasteiger partial charge in [0.15, 0.2) is 0 Å². The largest absolute Gasteiger partial charge is 0.356 e. The summed E-state index contributed by atoms with van der Waals surface area (Å²) in [4.78, 5) is 10.9. The fourth-order valence-electron chi connectivity index (χ4n) is 1.05. The lowest BCUT2D eigenvalue weighted by Gasteiger charge is -2.01. The molecule has 1 aliphatic carbocycles. The summed E-state index contributed by atoms with van der Waals surface area (Å²) in [7, 11) is 0. The number of carbonyl (C=O) groups excluding carboxylic acids is 1. The lowest BCUT2D eigenvalue weighted by molar-refractivity contribution is -0.122. The van der Waals surface area contributed by atoms with Gasteiger partial charge in [-0.1, -0.05) is 6.92 Å². The van der Waals surface area contributed by atoms with Gasteiger partial charge in [0.05, 0.1) is 0 Å². The molecule has 1 unspecified atom stereocenters. The van der Waals surface area contributed by atoms with Crippen molar-refractivity contribution >= 4 is 5.91 Å². The van der Waals surface area contributed by atoms with Crippen LogP contribution < -0.4 is 5.32 Å². The zero-order valence-electron chi connectivity index (χ0n) is 7.07. The molecule has 70 valence electrons. The van der Waals surface area contributed by atoms with Crippen molar-refractivity contribution in [3.8, 4) is 0 Å². The number of amides is 1. The summed E-state index contributed by atoms with van der Waals surface area (Å²) in [6.45, 7) is 2.50. The molecular weight excluding hydrogens is 164 g/mol. The molecule has 1 rings (SSSR count). The van der Waals surface area contributed by atoms with Crippen LogP contribution in [0.5, 0.6) is 0 Å². The second-order valence-electron chi connectivity index (χ2n) is 3.22. The van der Waals surface area contributed by atoms with E-state index in [4.69, 9.17) is 0 Å². The number of carbonyl (C=O) groups is 1. The Morgan fingerprint density at radius 1 is 1.67 bits per heavy atom. The molecule has 1 saturated carbocycles. The van der Waals surface area contributed by atoms with Crippen LogP contribution in [0.25, 0.3) is 0 Å². The van der Waals surface area contributed by atoms with Crippen LogP contribution >= 0.6 is 0 Å². The van der Waals surface area contributed by atoms with Crippen LogP contribution in [0.1, 0.15) is 26.2 Å². The van der Waals surface area contributed by atoms with Crippen molar-refractivity contribution in [1.29, 1.82) is 0 Å². The van der Waals surface area contributed by atoms with Gasteiger partial charge in [-0.2, -0.15) is 0 Å². The summed E-state index contributed by atoms with van der Waals surface area (Å²) < 4.78 is 24.6. The summed E-state index contributed by atoms with van der Waals surface area (Å²) in [6, 6.07) is 0. The van der Waals surface area contributed by atoms with Gasteiger partial charge in [0.2, 0.25) is 5.91 Å². The Hall–Kier alpha value is -0.670. The van der Waals surface area contributed by atoms with Crippen molar-refractivity contribution in [2.45, 2.75) is 32.1 Å². The summed E-state index contributed by atoms with van der Waals surface area (Å²) >= 11 is 0. The van der Waals surface area contributed by atoms with Crippen LogP contribution in [-0.4, -0.2) is 18.4 Å². The molecule has 0 heterocycles. The number of nitrogens with one attached hydrogen (secondary N) is 1. The van der Waals surface area contributed by atoms with Crippen molar-refractivity contribution in [2.24, 2.45) is 5.92 Å². The number of alkyl halides is 2. The van der Waals surface area contributed by atoms with Crippen LogP contribution in [0.2, 0.25) is 0 Å². The highest BCUT2D eigenvalue weighted by Crippen LogP contribution is 2.50. The number of hydrogen-bond acceptors (Lipinski definition) is 1. The van der Waals surface area contributed by atoms with E-state index in [1.807, 2.05) is 6.92 Å². The van der Waals surface area contributed by atoms with Gasteiger partial charge < -0.3 is 5.32 Å².